The van der Waals surface area contributed by atoms with Gasteiger partial charge in [-0.15, -0.1) is 0 Å². The Kier molecular flexibility index (Phi) is 2.83. The molecule has 6 heteroatoms. The molecule has 17 heavy (non-hydrogen) atoms. The number of hydrogen-bond donors (Lipinski definition) is 2. The van der Waals surface area contributed by atoms with E-state index in [9.17, 15) is 4.79 Å². The summed E-state index contributed by atoms with van der Waals surface area (Å²) in [6.07, 6.45) is 1.33. The predicted molar refractivity (Wildman–Crippen MR) is 60.2 cm³/mol. The van der Waals surface area contributed by atoms with E-state index in [-0.39, 0.29) is 11.6 Å². The first-order valence-electron chi connectivity index (χ1n) is 4.88. The number of nitrogens with one attached hydrogen (secondary N) is 2. The van der Waals surface area contributed by atoms with Crippen LogP contribution in [0.3, 0.4) is 0 Å². The van der Waals surface area contributed by atoms with E-state index in [1.807, 2.05) is 13.0 Å². The van der Waals surface area contributed by atoms with Crippen LogP contribution in [0.2, 0.25) is 0 Å². The zero-order chi connectivity index (χ0) is 12.3. The summed E-state index contributed by atoms with van der Waals surface area (Å²) in [5.41, 5.74) is 2.16. The largest absolute Gasteiger partial charge is 0.320 e. The van der Waals surface area contributed by atoms with E-state index >= 15 is 0 Å². The summed E-state index contributed by atoms with van der Waals surface area (Å²) in [5, 5.41) is 21.0. The van der Waals surface area contributed by atoms with Gasteiger partial charge in [-0.2, -0.15) is 20.7 Å². The van der Waals surface area contributed by atoms with E-state index in [2.05, 4.69) is 20.7 Å². The zero-order valence-corrected chi connectivity index (χ0v) is 9.06. The molecule has 2 rings (SSSR count). The quantitative estimate of drug-likeness (QED) is 0.806. The highest BCUT2D eigenvalue weighted by molar-refractivity contribution is 6.03. The molecule has 0 atom stereocenters. The van der Waals surface area contributed by atoms with Crippen LogP contribution in [0.4, 0.5) is 5.69 Å². The number of benzene rings is 1. The summed E-state index contributed by atoms with van der Waals surface area (Å²) in [5.74, 6) is -0.364. The number of aryl methyl sites for hydroxylation is 1. The first-order valence-corrected chi connectivity index (χ1v) is 4.88. The average molecular weight is 227 g/mol. The highest BCUT2D eigenvalue weighted by Gasteiger charge is 2.10. The van der Waals surface area contributed by atoms with E-state index < -0.39 is 0 Å². The second-order valence-electron chi connectivity index (χ2n) is 3.45. The molecule has 1 heterocycles. The normalized spacial score (nSPS) is 9.65. The van der Waals surface area contributed by atoms with Crippen molar-refractivity contribution in [3.63, 3.8) is 0 Å². The molecule has 0 fully saturated rings. The minimum Gasteiger partial charge on any atom is -0.320 e. The highest BCUT2D eigenvalue weighted by Crippen LogP contribution is 2.16. The van der Waals surface area contributed by atoms with Gasteiger partial charge < -0.3 is 5.32 Å². The molecule has 1 aromatic carbocycles. The number of rotatable bonds is 2. The second-order valence-corrected chi connectivity index (χ2v) is 3.45. The van der Waals surface area contributed by atoms with Crippen molar-refractivity contribution < 1.29 is 4.79 Å². The van der Waals surface area contributed by atoms with Crippen molar-refractivity contribution >= 4 is 11.6 Å². The van der Waals surface area contributed by atoms with Crippen LogP contribution in [0, 0.1) is 18.3 Å². The highest BCUT2D eigenvalue weighted by atomic mass is 16.2. The lowest BCUT2D eigenvalue weighted by Crippen LogP contribution is -2.13. The van der Waals surface area contributed by atoms with Crippen LogP contribution < -0.4 is 5.32 Å². The molecule has 0 unspecified atom stereocenters. The SMILES string of the molecule is Cc1ccc(C#N)cc1NC(=O)c1cn[nH]n1. The number of carbonyl (C=O) groups is 1. The van der Waals surface area contributed by atoms with Crippen LogP contribution in [0.15, 0.2) is 24.4 Å². The fourth-order valence-corrected chi connectivity index (χ4v) is 1.32. The van der Waals surface area contributed by atoms with E-state index in [1.54, 1.807) is 18.2 Å². The summed E-state index contributed by atoms with van der Waals surface area (Å²) in [6, 6.07) is 7.11. The number of H-pyrrole nitrogens is 1. The molecule has 0 bridgehead atoms. The minimum atomic E-state index is -0.364. The predicted octanol–water partition coefficient (Wildman–Crippen LogP) is 1.24. The maximum Gasteiger partial charge on any atom is 0.277 e. The van der Waals surface area contributed by atoms with Gasteiger partial charge >= 0.3 is 0 Å². The lowest BCUT2D eigenvalue weighted by atomic mass is 10.1. The summed E-state index contributed by atoms with van der Waals surface area (Å²) < 4.78 is 0. The van der Waals surface area contributed by atoms with Crippen molar-refractivity contribution in [2.45, 2.75) is 6.92 Å². The molecular formula is C11H9N5O. The standard InChI is InChI=1S/C11H9N5O/c1-7-2-3-8(5-12)4-9(7)14-11(17)10-6-13-16-15-10/h2-4,6H,1H3,(H,14,17)(H,13,15,16). The number of carbonyl (C=O) groups excluding carboxylic acids is 1. The van der Waals surface area contributed by atoms with E-state index in [0.717, 1.165) is 5.56 Å². The first-order chi connectivity index (χ1) is 8.20. The van der Waals surface area contributed by atoms with Gasteiger partial charge in [-0.1, -0.05) is 6.07 Å². The molecule has 1 aromatic heterocycles. The van der Waals surface area contributed by atoms with Crippen molar-refractivity contribution in [2.75, 3.05) is 5.32 Å². The van der Waals surface area contributed by atoms with Crippen LogP contribution >= 0.6 is 0 Å². The van der Waals surface area contributed by atoms with E-state index in [1.165, 1.54) is 6.20 Å². The number of hydrogen-bond acceptors (Lipinski definition) is 4. The number of aromatic nitrogens is 3. The molecule has 0 radical (unpaired) electrons. The molecule has 0 saturated carbocycles. The molecule has 0 aliphatic carbocycles. The summed E-state index contributed by atoms with van der Waals surface area (Å²) in [6.45, 7) is 1.85. The van der Waals surface area contributed by atoms with Crippen LogP contribution in [0.5, 0.6) is 0 Å². The van der Waals surface area contributed by atoms with Gasteiger partial charge in [-0.05, 0) is 24.6 Å². The fraction of sp³-hybridized carbons (Fsp3) is 0.0909. The van der Waals surface area contributed by atoms with Gasteiger partial charge in [-0.3, -0.25) is 4.79 Å². The Hall–Kier alpha value is -2.68. The Balaban J connectivity index is 2.25. The van der Waals surface area contributed by atoms with Gasteiger partial charge in [-0.25, -0.2) is 0 Å². The molecule has 84 valence electrons. The van der Waals surface area contributed by atoms with E-state index in [4.69, 9.17) is 5.26 Å². The van der Waals surface area contributed by atoms with Crippen molar-refractivity contribution in [3.05, 3.63) is 41.2 Å². The van der Waals surface area contributed by atoms with Crippen LogP contribution in [-0.2, 0) is 0 Å². The third-order valence-corrected chi connectivity index (χ3v) is 2.26. The third kappa shape index (κ3) is 2.29. The first kappa shape index (κ1) is 10.8. The zero-order valence-electron chi connectivity index (χ0n) is 9.06. The van der Waals surface area contributed by atoms with Crippen LogP contribution in [-0.4, -0.2) is 21.3 Å². The van der Waals surface area contributed by atoms with Crippen molar-refractivity contribution in [1.29, 1.82) is 5.26 Å². The number of amides is 1. The Morgan fingerprint density at radius 1 is 1.53 bits per heavy atom. The lowest BCUT2D eigenvalue weighted by molar-refractivity contribution is 0.102. The molecule has 0 spiro atoms. The summed E-state index contributed by atoms with van der Waals surface area (Å²) in [4.78, 5) is 11.7. The molecule has 0 aliphatic rings. The van der Waals surface area contributed by atoms with Crippen molar-refractivity contribution in [3.8, 4) is 6.07 Å². The number of nitrogens with zero attached hydrogens (tertiary/aromatic N) is 3. The molecular weight excluding hydrogens is 218 g/mol. The topological polar surface area (TPSA) is 94.5 Å². The van der Waals surface area contributed by atoms with Crippen LogP contribution in [0.1, 0.15) is 21.6 Å². The lowest BCUT2D eigenvalue weighted by Gasteiger charge is -2.06. The van der Waals surface area contributed by atoms with Crippen LogP contribution in [0.25, 0.3) is 0 Å². The minimum absolute atomic E-state index is 0.201. The molecule has 1 amide bonds. The molecule has 0 aliphatic heterocycles. The van der Waals surface area contributed by atoms with E-state index in [0.29, 0.717) is 11.3 Å². The number of aromatic amines is 1. The second kappa shape index (κ2) is 4.45. The fourth-order valence-electron chi connectivity index (χ4n) is 1.32. The van der Waals surface area contributed by atoms with Gasteiger partial charge in [0.25, 0.3) is 5.91 Å². The maximum absolute atomic E-state index is 11.7. The third-order valence-electron chi connectivity index (χ3n) is 2.26. The van der Waals surface area contributed by atoms with Gasteiger partial charge in [0.1, 0.15) is 0 Å². The Bertz CT molecular complexity index is 582. The number of anilines is 1. The van der Waals surface area contributed by atoms with Crippen molar-refractivity contribution in [1.82, 2.24) is 15.4 Å². The molecule has 2 N–H and O–H groups in total. The monoisotopic (exact) mass is 227 g/mol. The summed E-state index contributed by atoms with van der Waals surface area (Å²) in [7, 11) is 0. The Morgan fingerprint density at radius 2 is 2.35 bits per heavy atom. The van der Waals surface area contributed by atoms with Crippen molar-refractivity contribution in [2.24, 2.45) is 0 Å². The Morgan fingerprint density at radius 3 is 3.00 bits per heavy atom. The molecule has 2 aromatic rings. The van der Waals surface area contributed by atoms with Gasteiger partial charge in [0.05, 0.1) is 17.8 Å². The Labute approximate surface area is 97.3 Å². The van der Waals surface area contributed by atoms with Gasteiger partial charge in [0, 0.05) is 5.69 Å². The van der Waals surface area contributed by atoms with Gasteiger partial charge in [0.15, 0.2) is 5.69 Å². The van der Waals surface area contributed by atoms with Gasteiger partial charge in [0.2, 0.25) is 0 Å². The smallest absolute Gasteiger partial charge is 0.277 e. The maximum atomic E-state index is 11.7. The molecule has 0 saturated heterocycles. The average Bonchev–Trinajstić information content (AvgIpc) is 2.85. The number of nitriles is 1. The summed E-state index contributed by atoms with van der Waals surface area (Å²) >= 11 is 0. The molecule has 6 nitrogen and oxygen atoms in total.